The summed E-state index contributed by atoms with van der Waals surface area (Å²) in [4.78, 5) is 14.0. The van der Waals surface area contributed by atoms with Gasteiger partial charge in [-0.25, -0.2) is 0 Å². The summed E-state index contributed by atoms with van der Waals surface area (Å²) in [5, 5.41) is 2.97. The van der Waals surface area contributed by atoms with Gasteiger partial charge in [-0.3, -0.25) is 4.79 Å². The minimum atomic E-state index is 0.0233. The number of allylic oxidation sites excluding steroid dienone is 1. The molecule has 104 valence electrons. The summed E-state index contributed by atoms with van der Waals surface area (Å²) in [6.07, 6.45) is 2.83. The second-order valence-corrected chi connectivity index (χ2v) is 4.80. The largest absolute Gasteiger partial charge is 0.370 e. The number of rotatable bonds is 6. The van der Waals surface area contributed by atoms with E-state index in [-0.39, 0.29) is 11.9 Å². The fourth-order valence-electron chi connectivity index (χ4n) is 1.83. The Balaban J connectivity index is 2.50. The number of hydrogen-bond acceptors (Lipinski definition) is 2. The molecule has 0 aliphatic heterocycles. The topological polar surface area (TPSA) is 32.3 Å². The van der Waals surface area contributed by atoms with Crippen LogP contribution in [0.3, 0.4) is 0 Å². The fraction of sp³-hybridized carbons (Fsp3) is 0.438. The molecule has 0 fully saturated rings. The number of para-hydroxylation sites is 1. The highest BCUT2D eigenvalue weighted by atomic mass is 16.1. The molecule has 0 aromatic heterocycles. The zero-order chi connectivity index (χ0) is 14.3. The highest BCUT2D eigenvalue weighted by Crippen LogP contribution is 2.13. The second-order valence-electron chi connectivity index (χ2n) is 4.80. The number of carbonyl (C=O) groups is 1. The average Bonchev–Trinajstić information content (AvgIpc) is 2.44. The third-order valence-electron chi connectivity index (χ3n) is 3.25. The summed E-state index contributed by atoms with van der Waals surface area (Å²) in [5.41, 5.74) is 1.95. The van der Waals surface area contributed by atoms with E-state index in [1.165, 1.54) is 0 Å². The maximum atomic E-state index is 11.8. The first kappa shape index (κ1) is 15.3. The Labute approximate surface area is 116 Å². The Morgan fingerprint density at radius 1 is 1.37 bits per heavy atom. The van der Waals surface area contributed by atoms with E-state index in [1.54, 1.807) is 0 Å². The van der Waals surface area contributed by atoms with Crippen LogP contribution in [0.4, 0.5) is 5.69 Å². The van der Waals surface area contributed by atoms with Gasteiger partial charge in [0, 0.05) is 30.9 Å². The number of carbonyl (C=O) groups excluding carboxylic acids is 1. The lowest BCUT2D eigenvalue weighted by atomic mass is 10.2. The van der Waals surface area contributed by atoms with Crippen LogP contribution in [0, 0.1) is 0 Å². The van der Waals surface area contributed by atoms with Gasteiger partial charge in [0.2, 0.25) is 5.91 Å². The van der Waals surface area contributed by atoms with Crippen LogP contribution in [0.5, 0.6) is 0 Å². The van der Waals surface area contributed by atoms with Gasteiger partial charge in [0.05, 0.1) is 0 Å². The molecule has 0 aliphatic rings. The molecule has 1 rings (SSSR count). The van der Waals surface area contributed by atoms with Crippen molar-refractivity contribution in [3.63, 3.8) is 0 Å². The van der Waals surface area contributed by atoms with E-state index < -0.39 is 0 Å². The Morgan fingerprint density at radius 2 is 2.00 bits per heavy atom. The Kier molecular flexibility index (Phi) is 6.13. The number of hydrogen-bond donors (Lipinski definition) is 1. The van der Waals surface area contributed by atoms with Crippen LogP contribution < -0.4 is 10.2 Å². The molecular weight excluding hydrogens is 236 g/mol. The summed E-state index contributed by atoms with van der Waals surface area (Å²) in [5.74, 6) is 0.0233. The van der Waals surface area contributed by atoms with Crippen molar-refractivity contribution >= 4 is 11.6 Å². The molecule has 0 heterocycles. The fourth-order valence-corrected chi connectivity index (χ4v) is 1.83. The molecule has 0 bridgehead atoms. The highest BCUT2D eigenvalue weighted by molar-refractivity contribution is 5.92. The van der Waals surface area contributed by atoms with Crippen molar-refractivity contribution in [3.05, 3.63) is 42.0 Å². The molecule has 1 aromatic rings. The third-order valence-corrected chi connectivity index (χ3v) is 3.25. The zero-order valence-electron chi connectivity index (χ0n) is 12.3. The molecule has 3 heteroatoms. The van der Waals surface area contributed by atoms with E-state index in [0.717, 1.165) is 17.7 Å². The number of benzene rings is 1. The van der Waals surface area contributed by atoms with E-state index in [4.69, 9.17) is 0 Å². The molecule has 0 saturated carbocycles. The molecule has 0 radical (unpaired) electrons. The summed E-state index contributed by atoms with van der Waals surface area (Å²) in [6.45, 7) is 6.62. The van der Waals surface area contributed by atoms with E-state index in [2.05, 4.69) is 29.3 Å². The number of nitrogens with zero attached hydrogens (tertiary/aromatic N) is 1. The molecule has 19 heavy (non-hydrogen) atoms. The van der Waals surface area contributed by atoms with Crippen molar-refractivity contribution in [1.82, 2.24) is 5.32 Å². The lowest BCUT2D eigenvalue weighted by Gasteiger charge is -2.27. The van der Waals surface area contributed by atoms with Crippen molar-refractivity contribution < 1.29 is 4.79 Å². The van der Waals surface area contributed by atoms with E-state index in [1.807, 2.05) is 45.2 Å². The van der Waals surface area contributed by atoms with Gasteiger partial charge in [-0.1, -0.05) is 31.2 Å². The van der Waals surface area contributed by atoms with Crippen LogP contribution in [-0.4, -0.2) is 25.5 Å². The van der Waals surface area contributed by atoms with E-state index >= 15 is 0 Å². The summed E-state index contributed by atoms with van der Waals surface area (Å²) in [6, 6.07) is 10.4. The summed E-state index contributed by atoms with van der Waals surface area (Å²) >= 11 is 0. The van der Waals surface area contributed by atoms with Crippen molar-refractivity contribution in [2.45, 2.75) is 33.2 Å². The highest BCUT2D eigenvalue weighted by Gasteiger charge is 2.11. The van der Waals surface area contributed by atoms with Gasteiger partial charge < -0.3 is 10.2 Å². The van der Waals surface area contributed by atoms with Crippen molar-refractivity contribution in [3.8, 4) is 0 Å². The van der Waals surface area contributed by atoms with Crippen LogP contribution in [0.15, 0.2) is 42.0 Å². The average molecular weight is 260 g/mol. The Bertz CT molecular complexity index is 426. The normalized spacial score (nSPS) is 12.9. The molecule has 1 unspecified atom stereocenters. The third kappa shape index (κ3) is 4.78. The van der Waals surface area contributed by atoms with Gasteiger partial charge >= 0.3 is 0 Å². The zero-order valence-corrected chi connectivity index (χ0v) is 12.3. The maximum Gasteiger partial charge on any atom is 0.246 e. The lowest BCUT2D eigenvalue weighted by molar-refractivity contribution is -0.117. The summed E-state index contributed by atoms with van der Waals surface area (Å²) in [7, 11) is 2.04. The van der Waals surface area contributed by atoms with Crippen LogP contribution in [0.25, 0.3) is 0 Å². The number of likely N-dealkylation sites (N-methyl/N-ethyl adjacent to an activating group) is 1. The molecule has 1 N–H and O–H groups in total. The molecule has 0 spiro atoms. The number of amides is 1. The van der Waals surface area contributed by atoms with Crippen LogP contribution in [0.1, 0.15) is 27.2 Å². The quantitative estimate of drug-likeness (QED) is 0.798. The summed E-state index contributed by atoms with van der Waals surface area (Å²) < 4.78 is 0. The number of nitrogens with one attached hydrogen (secondary N) is 1. The standard InChI is InChI=1S/C16H24N2O/c1-5-9-13(2)16(19)17-12-14(3)18(4)15-10-7-6-8-11-15/h6-11,14H,5,12H2,1-4H3,(H,17,19). The smallest absolute Gasteiger partial charge is 0.246 e. The van der Waals surface area contributed by atoms with Crippen LogP contribution in [-0.2, 0) is 4.79 Å². The maximum absolute atomic E-state index is 11.8. The first-order chi connectivity index (χ1) is 9.06. The molecule has 0 aliphatic carbocycles. The van der Waals surface area contributed by atoms with Gasteiger partial charge in [-0.05, 0) is 32.4 Å². The molecule has 1 amide bonds. The molecular formula is C16H24N2O. The minimum Gasteiger partial charge on any atom is -0.370 e. The van der Waals surface area contributed by atoms with Gasteiger partial charge in [-0.15, -0.1) is 0 Å². The second kappa shape index (κ2) is 7.62. The van der Waals surface area contributed by atoms with Gasteiger partial charge in [0.15, 0.2) is 0 Å². The van der Waals surface area contributed by atoms with E-state index in [9.17, 15) is 4.79 Å². The SMILES string of the molecule is CCC=C(C)C(=O)NCC(C)N(C)c1ccccc1. The van der Waals surface area contributed by atoms with Crippen LogP contribution >= 0.6 is 0 Å². The Morgan fingerprint density at radius 3 is 2.58 bits per heavy atom. The van der Waals surface area contributed by atoms with Crippen LogP contribution in [0.2, 0.25) is 0 Å². The van der Waals surface area contributed by atoms with Gasteiger partial charge in [0.25, 0.3) is 0 Å². The molecule has 3 nitrogen and oxygen atoms in total. The molecule has 1 aromatic carbocycles. The Hall–Kier alpha value is -1.77. The van der Waals surface area contributed by atoms with Gasteiger partial charge in [0.1, 0.15) is 0 Å². The minimum absolute atomic E-state index is 0.0233. The predicted octanol–water partition coefficient (Wildman–Crippen LogP) is 2.98. The molecule has 1 atom stereocenters. The number of anilines is 1. The van der Waals surface area contributed by atoms with Crippen molar-refractivity contribution in [2.75, 3.05) is 18.5 Å². The van der Waals surface area contributed by atoms with Gasteiger partial charge in [-0.2, -0.15) is 0 Å². The van der Waals surface area contributed by atoms with Crippen molar-refractivity contribution in [2.24, 2.45) is 0 Å². The first-order valence-electron chi connectivity index (χ1n) is 6.79. The lowest BCUT2D eigenvalue weighted by Crippen LogP contribution is -2.40. The first-order valence-corrected chi connectivity index (χ1v) is 6.79. The van der Waals surface area contributed by atoms with E-state index in [0.29, 0.717) is 6.54 Å². The molecule has 0 saturated heterocycles. The monoisotopic (exact) mass is 260 g/mol. The van der Waals surface area contributed by atoms with Crippen molar-refractivity contribution in [1.29, 1.82) is 0 Å². The predicted molar refractivity (Wildman–Crippen MR) is 81.4 cm³/mol.